The van der Waals surface area contributed by atoms with Crippen molar-refractivity contribution in [1.82, 2.24) is 24.6 Å². The third-order valence-electron chi connectivity index (χ3n) is 6.64. The number of rotatable bonds is 7. The van der Waals surface area contributed by atoms with Crippen molar-refractivity contribution in [1.29, 1.82) is 0 Å². The zero-order chi connectivity index (χ0) is 27.6. The molecule has 1 aliphatic rings. The highest BCUT2D eigenvalue weighted by molar-refractivity contribution is 7.98. The van der Waals surface area contributed by atoms with Gasteiger partial charge in [0.2, 0.25) is 5.82 Å². The summed E-state index contributed by atoms with van der Waals surface area (Å²) in [5, 5.41) is 13.5. The van der Waals surface area contributed by atoms with Gasteiger partial charge in [-0.05, 0) is 48.9 Å². The van der Waals surface area contributed by atoms with Crippen molar-refractivity contribution in [2.24, 2.45) is 0 Å². The van der Waals surface area contributed by atoms with Crippen LogP contribution >= 0.6 is 46.3 Å². The average Bonchev–Trinajstić information content (AvgIpc) is 3.74. The summed E-state index contributed by atoms with van der Waals surface area (Å²) in [6.07, 6.45) is 1.61. The Kier molecular flexibility index (Phi) is 7.84. The lowest BCUT2D eigenvalue weighted by Gasteiger charge is -2.36. The number of hydrogen-bond acceptors (Lipinski definition) is 8. The molecule has 40 heavy (non-hydrogen) atoms. The Hall–Kier alpha value is -3.31. The van der Waals surface area contributed by atoms with Crippen LogP contribution in [0.3, 0.4) is 0 Å². The Labute approximate surface area is 249 Å². The Bertz CT molecular complexity index is 1640. The summed E-state index contributed by atoms with van der Waals surface area (Å²) in [6, 6.07) is 17.2. The molecule has 0 radical (unpaired) electrons. The lowest BCUT2D eigenvalue weighted by molar-refractivity contribution is 0.0741. The third-order valence-corrected chi connectivity index (χ3v) is 9.17. The first kappa shape index (κ1) is 26.9. The van der Waals surface area contributed by atoms with E-state index in [1.165, 1.54) is 23.1 Å². The van der Waals surface area contributed by atoms with E-state index in [0.717, 1.165) is 40.1 Å². The number of aromatic nitrogens is 4. The molecule has 6 rings (SSSR count). The first-order valence-corrected chi connectivity index (χ1v) is 15.2. The number of amides is 1. The van der Waals surface area contributed by atoms with E-state index in [-0.39, 0.29) is 5.91 Å². The molecule has 1 aliphatic heterocycles. The van der Waals surface area contributed by atoms with Crippen LogP contribution in [0.4, 0.5) is 5.69 Å². The van der Waals surface area contributed by atoms with E-state index < -0.39 is 0 Å². The molecule has 5 aromatic rings. The fourth-order valence-corrected chi connectivity index (χ4v) is 6.74. The number of thioether (sulfide) groups is 1. The molecule has 0 atom stereocenters. The fourth-order valence-electron chi connectivity index (χ4n) is 4.59. The van der Waals surface area contributed by atoms with Gasteiger partial charge >= 0.3 is 0 Å². The normalized spacial score (nSPS) is 13.7. The fraction of sp³-hybridized carbons (Fsp3) is 0.214. The molecule has 8 nitrogen and oxygen atoms in total. The monoisotopic (exact) mass is 610 g/mol. The molecule has 2 aromatic carbocycles. The largest absolute Gasteiger partial charge is 0.461 e. The number of nitrogens with zero attached hydrogens (tertiary/aromatic N) is 6. The lowest BCUT2D eigenvalue weighted by Crippen LogP contribution is -2.49. The van der Waals surface area contributed by atoms with Crippen molar-refractivity contribution in [3.05, 3.63) is 92.6 Å². The summed E-state index contributed by atoms with van der Waals surface area (Å²) in [5.74, 6) is 1.68. The maximum Gasteiger partial charge on any atom is 0.273 e. The molecule has 3 aromatic heterocycles. The summed E-state index contributed by atoms with van der Waals surface area (Å²) in [6.45, 7) is 4.68. The van der Waals surface area contributed by atoms with Crippen LogP contribution in [0.25, 0.3) is 17.3 Å². The first-order valence-electron chi connectivity index (χ1n) is 12.6. The molecule has 12 heteroatoms. The van der Waals surface area contributed by atoms with Gasteiger partial charge in [-0.3, -0.25) is 9.36 Å². The van der Waals surface area contributed by atoms with Gasteiger partial charge in [-0.2, -0.15) is 0 Å². The summed E-state index contributed by atoms with van der Waals surface area (Å²) in [4.78, 5) is 21.9. The van der Waals surface area contributed by atoms with Gasteiger partial charge in [0.25, 0.3) is 5.91 Å². The Morgan fingerprint density at radius 2 is 1.85 bits per heavy atom. The van der Waals surface area contributed by atoms with Crippen molar-refractivity contribution in [3.63, 3.8) is 0 Å². The number of hydrogen-bond donors (Lipinski definition) is 0. The number of carbonyl (C=O) groups excluding carboxylic acids is 1. The number of benzene rings is 2. The number of para-hydroxylation sites is 1. The summed E-state index contributed by atoms with van der Waals surface area (Å²) < 4.78 is 7.57. The molecular formula is C28H24Cl2N6O2S2. The number of halogens is 2. The van der Waals surface area contributed by atoms with Gasteiger partial charge in [-0.25, -0.2) is 4.98 Å². The average molecular weight is 612 g/mol. The molecule has 0 saturated carbocycles. The van der Waals surface area contributed by atoms with E-state index in [1.54, 1.807) is 6.26 Å². The molecule has 0 aliphatic carbocycles. The van der Waals surface area contributed by atoms with Crippen LogP contribution in [0.5, 0.6) is 0 Å². The van der Waals surface area contributed by atoms with Crippen LogP contribution in [0.1, 0.15) is 21.1 Å². The van der Waals surface area contributed by atoms with E-state index in [0.29, 0.717) is 46.3 Å². The SMILES string of the molecule is Cc1ccc(Cl)cc1-n1c(SCc2nc(C(=O)N3CCN(c4ccccc4Cl)CC3)cs2)nnc1-c1ccco1. The van der Waals surface area contributed by atoms with Crippen LogP contribution in [0.2, 0.25) is 10.0 Å². The third kappa shape index (κ3) is 5.49. The van der Waals surface area contributed by atoms with Crippen molar-refractivity contribution in [2.45, 2.75) is 17.8 Å². The van der Waals surface area contributed by atoms with Crippen molar-refractivity contribution < 1.29 is 9.21 Å². The number of aryl methyl sites for hydroxylation is 1. The number of anilines is 1. The van der Waals surface area contributed by atoms with Gasteiger partial charge in [0.15, 0.2) is 10.9 Å². The predicted octanol–water partition coefficient (Wildman–Crippen LogP) is 6.85. The Morgan fingerprint density at radius 3 is 2.62 bits per heavy atom. The number of piperazine rings is 1. The maximum atomic E-state index is 13.2. The van der Waals surface area contributed by atoms with Crippen LogP contribution in [-0.4, -0.2) is 56.7 Å². The van der Waals surface area contributed by atoms with Crippen LogP contribution in [-0.2, 0) is 5.75 Å². The smallest absolute Gasteiger partial charge is 0.273 e. The van der Waals surface area contributed by atoms with Gasteiger partial charge < -0.3 is 14.2 Å². The molecule has 0 spiro atoms. The van der Waals surface area contributed by atoms with Crippen LogP contribution in [0, 0.1) is 6.92 Å². The minimum atomic E-state index is -0.0517. The maximum absolute atomic E-state index is 13.2. The Morgan fingerprint density at radius 1 is 1.02 bits per heavy atom. The summed E-state index contributed by atoms with van der Waals surface area (Å²) in [5.41, 5.74) is 3.36. The minimum absolute atomic E-state index is 0.0517. The van der Waals surface area contributed by atoms with E-state index in [9.17, 15) is 4.79 Å². The molecule has 0 N–H and O–H groups in total. The number of furan rings is 1. The summed E-state index contributed by atoms with van der Waals surface area (Å²) in [7, 11) is 0. The predicted molar refractivity (Wildman–Crippen MR) is 160 cm³/mol. The van der Waals surface area contributed by atoms with E-state index >= 15 is 0 Å². The summed E-state index contributed by atoms with van der Waals surface area (Å²) >= 11 is 15.7. The van der Waals surface area contributed by atoms with Crippen molar-refractivity contribution >= 4 is 57.9 Å². The molecule has 1 saturated heterocycles. The molecule has 1 amide bonds. The first-order chi connectivity index (χ1) is 19.5. The zero-order valence-electron chi connectivity index (χ0n) is 21.5. The standard InChI is InChI=1S/C28H24Cl2N6O2S2/c1-18-8-9-19(29)15-23(18)36-26(24-7-4-14-38-24)32-33-28(36)40-17-25-31-21(16-39-25)27(37)35-12-10-34(11-13-35)22-6-3-2-5-20(22)30/h2-9,14-16H,10-13,17H2,1H3. The van der Waals surface area contributed by atoms with E-state index in [4.69, 9.17) is 27.6 Å². The van der Waals surface area contributed by atoms with Crippen molar-refractivity contribution in [2.75, 3.05) is 31.1 Å². The molecular weight excluding hydrogens is 587 g/mol. The number of carbonyl (C=O) groups is 1. The van der Waals surface area contributed by atoms with Gasteiger partial charge in [0.1, 0.15) is 10.7 Å². The van der Waals surface area contributed by atoms with Crippen LogP contribution in [0.15, 0.2) is 75.8 Å². The van der Waals surface area contributed by atoms with Gasteiger partial charge in [-0.1, -0.05) is 53.2 Å². The van der Waals surface area contributed by atoms with Gasteiger partial charge in [0, 0.05) is 36.6 Å². The lowest BCUT2D eigenvalue weighted by atomic mass is 10.2. The van der Waals surface area contributed by atoms with E-state index in [2.05, 4.69) is 20.1 Å². The van der Waals surface area contributed by atoms with Gasteiger partial charge in [0.05, 0.1) is 28.4 Å². The second-order valence-corrected chi connectivity index (χ2v) is 11.9. The minimum Gasteiger partial charge on any atom is -0.461 e. The molecule has 1 fully saturated rings. The van der Waals surface area contributed by atoms with Crippen molar-refractivity contribution in [3.8, 4) is 17.3 Å². The molecule has 0 bridgehead atoms. The Balaban J connectivity index is 1.15. The highest BCUT2D eigenvalue weighted by Gasteiger charge is 2.25. The molecule has 4 heterocycles. The molecule has 204 valence electrons. The highest BCUT2D eigenvalue weighted by atomic mass is 35.5. The highest BCUT2D eigenvalue weighted by Crippen LogP contribution is 2.33. The topological polar surface area (TPSA) is 80.3 Å². The number of thiazole rings is 1. The second-order valence-electron chi connectivity index (χ2n) is 9.20. The van der Waals surface area contributed by atoms with Gasteiger partial charge in [-0.15, -0.1) is 21.5 Å². The van der Waals surface area contributed by atoms with E-state index in [1.807, 2.05) is 76.4 Å². The van der Waals surface area contributed by atoms with Crippen LogP contribution < -0.4 is 4.90 Å². The zero-order valence-corrected chi connectivity index (χ0v) is 24.6. The second kappa shape index (κ2) is 11.7. The quantitative estimate of drug-likeness (QED) is 0.186. The molecule has 0 unspecified atom stereocenters.